The molecule has 0 aliphatic heterocycles. The van der Waals surface area contributed by atoms with Gasteiger partial charge in [-0.1, -0.05) is 103 Å². The van der Waals surface area contributed by atoms with E-state index in [1.807, 2.05) is 24.3 Å². The van der Waals surface area contributed by atoms with Crippen molar-refractivity contribution in [2.75, 3.05) is 0 Å². The number of pyridine rings is 2. The summed E-state index contributed by atoms with van der Waals surface area (Å²) < 4.78 is 2.40. The van der Waals surface area contributed by atoms with Crippen LogP contribution in [-0.2, 0) is 0 Å². The second-order valence-electron chi connectivity index (χ2n) is 13.6. The van der Waals surface area contributed by atoms with E-state index in [0.717, 1.165) is 72.3 Å². The van der Waals surface area contributed by atoms with Crippen LogP contribution in [0.2, 0.25) is 0 Å². The highest BCUT2D eigenvalue weighted by molar-refractivity contribution is 6.31. The molecule has 10 rings (SSSR count). The monoisotopic (exact) mass is 699 g/mol. The van der Waals surface area contributed by atoms with Gasteiger partial charge in [0.05, 0.1) is 45.7 Å². The van der Waals surface area contributed by atoms with E-state index in [0.29, 0.717) is 11.1 Å². The summed E-state index contributed by atoms with van der Waals surface area (Å²) in [5.74, 6) is 0. The fourth-order valence-electron chi connectivity index (χ4n) is 8.07. The van der Waals surface area contributed by atoms with Crippen LogP contribution in [0.15, 0.2) is 176 Å². The highest BCUT2D eigenvalue weighted by Crippen LogP contribution is 2.46. The summed E-state index contributed by atoms with van der Waals surface area (Å²) in [6.45, 7) is 0. The number of nitrogens with zero attached hydrogens (tertiary/aromatic N) is 5. The van der Waals surface area contributed by atoms with Gasteiger partial charge >= 0.3 is 0 Å². The molecule has 3 aromatic heterocycles. The summed E-state index contributed by atoms with van der Waals surface area (Å²) in [6.07, 6.45) is 3.39. The van der Waals surface area contributed by atoms with Crippen molar-refractivity contribution < 1.29 is 0 Å². The minimum Gasteiger partial charge on any atom is -0.309 e. The van der Waals surface area contributed by atoms with Gasteiger partial charge in [-0.15, -0.1) is 0 Å². The molecule has 0 aliphatic rings. The van der Waals surface area contributed by atoms with Crippen LogP contribution in [0.4, 0.5) is 0 Å². The number of rotatable bonds is 5. The van der Waals surface area contributed by atoms with Gasteiger partial charge < -0.3 is 4.57 Å². The van der Waals surface area contributed by atoms with Gasteiger partial charge in [0.2, 0.25) is 0 Å². The average molecular weight is 700 g/mol. The van der Waals surface area contributed by atoms with Crippen molar-refractivity contribution in [3.63, 3.8) is 0 Å². The van der Waals surface area contributed by atoms with Crippen LogP contribution < -0.4 is 0 Å². The van der Waals surface area contributed by atoms with Gasteiger partial charge in [0, 0.05) is 40.0 Å². The van der Waals surface area contributed by atoms with Crippen molar-refractivity contribution in [3.8, 4) is 62.6 Å². The highest BCUT2D eigenvalue weighted by atomic mass is 15.0. The molecule has 254 valence electrons. The van der Waals surface area contributed by atoms with Gasteiger partial charge in [0.1, 0.15) is 0 Å². The molecule has 0 amide bonds. The van der Waals surface area contributed by atoms with Gasteiger partial charge in [-0.2, -0.15) is 10.5 Å². The van der Waals surface area contributed by atoms with Gasteiger partial charge in [0.25, 0.3) is 0 Å². The van der Waals surface area contributed by atoms with Crippen LogP contribution in [-0.4, -0.2) is 14.5 Å². The summed E-state index contributed by atoms with van der Waals surface area (Å²) >= 11 is 0. The van der Waals surface area contributed by atoms with Crippen molar-refractivity contribution in [2.24, 2.45) is 0 Å². The topological polar surface area (TPSA) is 78.3 Å². The highest BCUT2D eigenvalue weighted by Gasteiger charge is 2.22. The molecule has 10 aromatic rings. The van der Waals surface area contributed by atoms with Gasteiger partial charge in [-0.3, -0.25) is 9.97 Å². The molecule has 7 aromatic carbocycles. The van der Waals surface area contributed by atoms with Crippen molar-refractivity contribution in [1.29, 1.82) is 10.5 Å². The lowest BCUT2D eigenvalue weighted by atomic mass is 9.91. The molecule has 5 nitrogen and oxygen atoms in total. The Morgan fingerprint density at radius 2 is 0.836 bits per heavy atom. The largest absolute Gasteiger partial charge is 0.309 e. The Balaban J connectivity index is 1.29. The normalized spacial score (nSPS) is 11.2. The molecule has 0 saturated carbocycles. The van der Waals surface area contributed by atoms with E-state index in [1.54, 1.807) is 24.5 Å². The van der Waals surface area contributed by atoms with Gasteiger partial charge in [-0.25, -0.2) is 0 Å². The minimum absolute atomic E-state index is 0.581. The van der Waals surface area contributed by atoms with E-state index >= 15 is 0 Å². The zero-order valence-electron chi connectivity index (χ0n) is 29.5. The lowest BCUT2D eigenvalue weighted by molar-refractivity contribution is 1.18. The maximum Gasteiger partial charge on any atom is 0.0992 e. The maximum absolute atomic E-state index is 9.57. The first-order valence-electron chi connectivity index (χ1n) is 18.1. The van der Waals surface area contributed by atoms with Crippen LogP contribution in [0, 0.1) is 22.7 Å². The van der Waals surface area contributed by atoms with Crippen molar-refractivity contribution in [1.82, 2.24) is 14.5 Å². The molecule has 0 saturated heterocycles. The van der Waals surface area contributed by atoms with Crippen molar-refractivity contribution >= 4 is 43.4 Å². The number of nitriles is 2. The summed E-state index contributed by atoms with van der Waals surface area (Å²) in [7, 11) is 0. The summed E-state index contributed by atoms with van der Waals surface area (Å²) in [6, 6.07) is 61.2. The molecular formula is C50H29N5. The lowest BCUT2D eigenvalue weighted by Gasteiger charge is -2.13. The number of aromatic nitrogens is 3. The number of benzene rings is 7. The molecule has 0 unspecified atom stereocenters. The zero-order chi connectivity index (χ0) is 36.9. The van der Waals surface area contributed by atoms with Crippen LogP contribution >= 0.6 is 0 Å². The molecule has 5 heteroatoms. The Morgan fingerprint density at radius 1 is 0.400 bits per heavy atom. The second kappa shape index (κ2) is 13.0. The fraction of sp³-hybridized carbons (Fsp3) is 0. The number of hydrogen-bond acceptors (Lipinski definition) is 4. The van der Waals surface area contributed by atoms with Gasteiger partial charge in [0.15, 0.2) is 0 Å². The van der Waals surface area contributed by atoms with Crippen LogP contribution in [0.25, 0.3) is 93.8 Å². The molecule has 0 bridgehead atoms. The van der Waals surface area contributed by atoms with E-state index in [1.165, 1.54) is 21.5 Å². The van der Waals surface area contributed by atoms with Crippen LogP contribution in [0.1, 0.15) is 11.1 Å². The number of fused-ring (bicyclic) bond motifs is 7. The van der Waals surface area contributed by atoms with Crippen molar-refractivity contribution in [2.45, 2.75) is 0 Å². The van der Waals surface area contributed by atoms with Crippen LogP contribution in [0.5, 0.6) is 0 Å². The first kappa shape index (κ1) is 31.8. The maximum atomic E-state index is 9.57. The molecular weight excluding hydrogens is 671 g/mol. The second-order valence-corrected chi connectivity index (χ2v) is 13.6. The van der Waals surface area contributed by atoms with Crippen molar-refractivity contribution in [3.05, 3.63) is 187 Å². The predicted molar refractivity (Wildman–Crippen MR) is 223 cm³/mol. The third-order valence-corrected chi connectivity index (χ3v) is 10.5. The molecule has 0 atom stereocenters. The standard InChI is InChI=1S/C50H29N5/c51-30-32-20-22-53-45(24-32)36-12-8-10-34(26-36)43-28-47-49(41-18-6-4-16-39(41)43)50-42-19-7-5-17-40(42)44(29-48(50)55(47)38-14-2-1-3-15-38)35-11-9-13-37(27-35)46-25-33(31-52)21-23-54-46/h1-29H. The first-order valence-corrected chi connectivity index (χ1v) is 18.1. The Morgan fingerprint density at radius 3 is 1.31 bits per heavy atom. The third-order valence-electron chi connectivity index (χ3n) is 10.5. The van der Waals surface area contributed by atoms with Crippen LogP contribution in [0.3, 0.4) is 0 Å². The average Bonchev–Trinajstić information content (AvgIpc) is 3.61. The fourth-order valence-corrected chi connectivity index (χ4v) is 8.07. The SMILES string of the molecule is N#Cc1ccnc(-c2cccc(-c3cc4c(c5ccccc35)c3c5ccccc5c(-c5cccc(-c6cc(C#N)ccn6)c5)cc3n4-c3ccccc3)c2)c1. The summed E-state index contributed by atoms with van der Waals surface area (Å²) in [5, 5.41) is 26.2. The molecule has 55 heavy (non-hydrogen) atoms. The molecule has 0 spiro atoms. The summed E-state index contributed by atoms with van der Waals surface area (Å²) in [4.78, 5) is 9.22. The zero-order valence-corrected chi connectivity index (χ0v) is 29.5. The Bertz CT molecular complexity index is 3040. The number of para-hydroxylation sites is 1. The van der Waals surface area contributed by atoms with E-state index in [9.17, 15) is 10.5 Å². The Labute approximate surface area is 317 Å². The molecule has 0 aliphatic carbocycles. The van der Waals surface area contributed by atoms with E-state index in [-0.39, 0.29) is 0 Å². The smallest absolute Gasteiger partial charge is 0.0992 e. The molecule has 3 heterocycles. The predicted octanol–water partition coefficient (Wildman–Crippen LogP) is 12.3. The van der Waals surface area contributed by atoms with Gasteiger partial charge in [-0.05, 0) is 104 Å². The first-order chi connectivity index (χ1) is 27.2. The lowest BCUT2D eigenvalue weighted by Crippen LogP contribution is -1.95. The molecule has 0 N–H and O–H groups in total. The molecule has 0 radical (unpaired) electrons. The van der Waals surface area contributed by atoms with E-state index < -0.39 is 0 Å². The Hall–Kier alpha value is -7.86. The summed E-state index contributed by atoms with van der Waals surface area (Å²) in [5.41, 5.74) is 12.3. The third kappa shape index (κ3) is 5.31. The number of hydrogen-bond donors (Lipinski definition) is 0. The Kier molecular flexibility index (Phi) is 7.51. The van der Waals surface area contributed by atoms with E-state index in [2.05, 4.69) is 154 Å². The molecule has 0 fully saturated rings. The van der Waals surface area contributed by atoms with E-state index in [4.69, 9.17) is 0 Å². The minimum atomic E-state index is 0.581. The quantitative estimate of drug-likeness (QED) is 0.179.